The Balaban J connectivity index is 1.52. The zero-order chi connectivity index (χ0) is 35.4. The molecule has 0 amide bonds. The van der Waals surface area contributed by atoms with Crippen molar-refractivity contribution in [3.63, 3.8) is 0 Å². The van der Waals surface area contributed by atoms with Gasteiger partial charge >= 0.3 is 5.97 Å². The number of carbonyl (C=O) groups excluding carboxylic acids is 1. The molecule has 0 saturated heterocycles. The van der Waals surface area contributed by atoms with Crippen molar-refractivity contribution >= 4 is 63.3 Å². The van der Waals surface area contributed by atoms with Crippen molar-refractivity contribution in [1.82, 2.24) is 4.57 Å². The molecule has 6 rings (SSSR count). The summed E-state index contributed by atoms with van der Waals surface area (Å²) in [7, 11) is 4.65. The summed E-state index contributed by atoms with van der Waals surface area (Å²) in [5, 5.41) is 0.628. The number of hydrogen-bond acceptors (Lipinski definition) is 9. The molecule has 0 saturated carbocycles. The van der Waals surface area contributed by atoms with E-state index in [1.165, 1.54) is 18.4 Å². The van der Waals surface area contributed by atoms with Gasteiger partial charge in [0.05, 0.1) is 53.4 Å². The monoisotopic (exact) mass is 822 g/mol. The highest BCUT2D eigenvalue weighted by molar-refractivity contribution is 14.1. The Labute approximate surface area is 311 Å². The summed E-state index contributed by atoms with van der Waals surface area (Å²) in [5.41, 5.74) is 3.32. The molecular formula is C38H32ClIN2O7S. The summed E-state index contributed by atoms with van der Waals surface area (Å²) in [6.07, 6.45) is 1.79. The van der Waals surface area contributed by atoms with Gasteiger partial charge in [-0.25, -0.2) is 9.79 Å². The molecule has 0 radical (unpaired) electrons. The third-order valence-corrected chi connectivity index (χ3v) is 9.94. The number of hydrogen-bond donors (Lipinski definition) is 0. The quantitative estimate of drug-likeness (QED) is 0.107. The molecular weight excluding hydrogens is 791 g/mol. The van der Waals surface area contributed by atoms with E-state index in [0.29, 0.717) is 60.8 Å². The van der Waals surface area contributed by atoms with E-state index in [0.717, 1.165) is 14.7 Å². The Morgan fingerprint density at radius 3 is 2.40 bits per heavy atom. The maximum Gasteiger partial charge on any atom is 0.338 e. The van der Waals surface area contributed by atoms with Gasteiger partial charge < -0.3 is 23.7 Å². The smallest absolute Gasteiger partial charge is 0.338 e. The van der Waals surface area contributed by atoms with Crippen molar-refractivity contribution in [3.05, 3.63) is 141 Å². The number of halogens is 2. The van der Waals surface area contributed by atoms with Gasteiger partial charge in [-0.2, -0.15) is 0 Å². The lowest BCUT2D eigenvalue weighted by Gasteiger charge is -2.26. The highest BCUT2D eigenvalue weighted by Gasteiger charge is 2.35. The molecule has 1 aliphatic rings. The van der Waals surface area contributed by atoms with Crippen LogP contribution in [-0.2, 0) is 16.1 Å². The minimum absolute atomic E-state index is 0.146. The molecule has 5 aromatic rings. The van der Waals surface area contributed by atoms with E-state index in [9.17, 15) is 9.59 Å². The van der Waals surface area contributed by atoms with Crippen LogP contribution >= 0.6 is 45.5 Å². The summed E-state index contributed by atoms with van der Waals surface area (Å²) >= 11 is 9.58. The highest BCUT2D eigenvalue weighted by Crippen LogP contribution is 2.39. The van der Waals surface area contributed by atoms with Gasteiger partial charge in [0, 0.05) is 10.6 Å². The molecule has 9 nitrogen and oxygen atoms in total. The largest absolute Gasteiger partial charge is 0.493 e. The molecule has 1 atom stereocenters. The number of thiazole rings is 1. The van der Waals surface area contributed by atoms with Gasteiger partial charge in [-0.3, -0.25) is 9.36 Å². The molecule has 256 valence electrons. The molecule has 0 fully saturated rings. The van der Waals surface area contributed by atoms with Gasteiger partial charge in [0.1, 0.15) is 6.61 Å². The Morgan fingerprint density at radius 2 is 1.70 bits per heavy atom. The lowest BCUT2D eigenvalue weighted by atomic mass is 9.93. The molecule has 1 aromatic heterocycles. The van der Waals surface area contributed by atoms with Crippen LogP contribution < -0.4 is 33.8 Å². The molecule has 4 aromatic carbocycles. The van der Waals surface area contributed by atoms with E-state index in [1.807, 2.05) is 72.8 Å². The van der Waals surface area contributed by atoms with Crippen molar-refractivity contribution in [1.29, 1.82) is 0 Å². The first-order chi connectivity index (χ1) is 24.3. The standard InChI is InChI=1S/C38H32ClIN2O7S/c1-5-48-37(44)32-33(24-11-7-6-8-12-24)41-38-42(34(32)25-14-15-28(45-2)29(20-25)46-3)36(43)31(50-38)19-23-17-27(40)35(30(18-23)47-4)49-21-22-10-9-13-26(39)16-22/h6-20,34H,5,21H2,1-4H3/b31-19-/t34-/m0/s1. The molecule has 0 N–H and O–H groups in total. The molecule has 12 heteroatoms. The molecule has 1 aliphatic heterocycles. The number of aromatic nitrogens is 1. The third-order valence-electron chi connectivity index (χ3n) is 7.92. The van der Waals surface area contributed by atoms with Crippen LogP contribution in [0.2, 0.25) is 5.02 Å². The maximum atomic E-state index is 14.4. The van der Waals surface area contributed by atoms with E-state index in [-0.39, 0.29) is 17.7 Å². The average Bonchev–Trinajstić information content (AvgIpc) is 3.44. The van der Waals surface area contributed by atoms with Crippen LogP contribution in [0.5, 0.6) is 23.0 Å². The minimum atomic E-state index is -0.876. The molecule has 0 unspecified atom stereocenters. The SMILES string of the molecule is CCOC(=O)C1=C(c2ccccc2)N=c2s/c(=C\c3cc(I)c(OCc4cccc(Cl)c4)c(OC)c3)c(=O)n2[C@H]1c1ccc(OC)c(OC)c1. The normalized spacial score (nSPS) is 14.1. The minimum Gasteiger partial charge on any atom is -0.493 e. The zero-order valence-corrected chi connectivity index (χ0v) is 31.3. The number of ether oxygens (including phenoxy) is 5. The fourth-order valence-electron chi connectivity index (χ4n) is 5.68. The number of nitrogens with zero attached hydrogens (tertiary/aromatic N) is 2. The van der Waals surface area contributed by atoms with Gasteiger partial charge in [-0.15, -0.1) is 0 Å². The van der Waals surface area contributed by atoms with Crippen LogP contribution in [0.3, 0.4) is 0 Å². The van der Waals surface area contributed by atoms with Gasteiger partial charge in [0.2, 0.25) is 0 Å². The fraction of sp³-hybridized carbons (Fsp3) is 0.184. The predicted molar refractivity (Wildman–Crippen MR) is 202 cm³/mol. The second kappa shape index (κ2) is 15.5. The number of fused-ring (bicyclic) bond motifs is 1. The highest BCUT2D eigenvalue weighted by atomic mass is 127. The third kappa shape index (κ3) is 7.16. The summed E-state index contributed by atoms with van der Waals surface area (Å²) < 4.78 is 31.3. The van der Waals surface area contributed by atoms with E-state index in [4.69, 9.17) is 40.3 Å². The number of benzene rings is 4. The van der Waals surface area contributed by atoms with Crippen LogP contribution in [0.15, 0.2) is 100 Å². The first-order valence-corrected chi connectivity index (χ1v) is 17.8. The van der Waals surface area contributed by atoms with Crippen molar-refractivity contribution in [2.75, 3.05) is 27.9 Å². The maximum absolute atomic E-state index is 14.4. The van der Waals surface area contributed by atoms with Crippen LogP contribution in [0.4, 0.5) is 0 Å². The Morgan fingerprint density at radius 1 is 0.940 bits per heavy atom. The predicted octanol–water partition coefficient (Wildman–Crippen LogP) is 6.80. The summed E-state index contributed by atoms with van der Waals surface area (Å²) in [6.45, 7) is 2.19. The van der Waals surface area contributed by atoms with Gasteiger partial charge in [-0.1, -0.05) is 71.5 Å². The van der Waals surface area contributed by atoms with Crippen LogP contribution in [0, 0.1) is 3.57 Å². The van der Waals surface area contributed by atoms with Crippen molar-refractivity contribution in [2.24, 2.45) is 4.99 Å². The van der Waals surface area contributed by atoms with E-state index < -0.39 is 12.0 Å². The van der Waals surface area contributed by atoms with Crippen LogP contribution in [-0.4, -0.2) is 38.5 Å². The van der Waals surface area contributed by atoms with Crippen LogP contribution in [0.1, 0.15) is 35.2 Å². The lowest BCUT2D eigenvalue weighted by Crippen LogP contribution is -2.40. The Hall–Kier alpha value is -4.59. The molecule has 2 heterocycles. The molecule has 0 spiro atoms. The second-order valence-corrected chi connectivity index (χ2v) is 13.6. The number of rotatable bonds is 11. The Kier molecular flexibility index (Phi) is 10.9. The topological polar surface area (TPSA) is 97.6 Å². The molecule has 0 aliphatic carbocycles. The summed E-state index contributed by atoms with van der Waals surface area (Å²) in [5.74, 6) is 1.48. The lowest BCUT2D eigenvalue weighted by molar-refractivity contribution is -0.138. The van der Waals surface area contributed by atoms with Gasteiger partial charge in [-0.05, 0) is 88.7 Å². The molecule has 50 heavy (non-hydrogen) atoms. The number of esters is 1. The average molecular weight is 823 g/mol. The van der Waals surface area contributed by atoms with Crippen molar-refractivity contribution in [2.45, 2.75) is 19.6 Å². The van der Waals surface area contributed by atoms with Crippen molar-refractivity contribution < 1.29 is 28.5 Å². The molecule has 0 bridgehead atoms. The first kappa shape index (κ1) is 35.2. The summed E-state index contributed by atoms with van der Waals surface area (Å²) in [6, 6.07) is 25.0. The fourth-order valence-corrected chi connectivity index (χ4v) is 7.67. The van der Waals surface area contributed by atoms with E-state index >= 15 is 0 Å². The van der Waals surface area contributed by atoms with Crippen molar-refractivity contribution in [3.8, 4) is 23.0 Å². The number of carbonyl (C=O) groups is 1. The summed E-state index contributed by atoms with van der Waals surface area (Å²) in [4.78, 5) is 33.6. The van der Waals surface area contributed by atoms with Gasteiger partial charge in [0.25, 0.3) is 5.56 Å². The van der Waals surface area contributed by atoms with E-state index in [2.05, 4.69) is 22.6 Å². The van der Waals surface area contributed by atoms with E-state index in [1.54, 1.807) is 43.9 Å². The van der Waals surface area contributed by atoms with Gasteiger partial charge in [0.15, 0.2) is 27.8 Å². The zero-order valence-electron chi connectivity index (χ0n) is 27.6. The van der Waals surface area contributed by atoms with Crippen LogP contribution in [0.25, 0.3) is 11.8 Å². The Bertz CT molecular complexity index is 2280. The first-order valence-electron chi connectivity index (χ1n) is 15.5. The second-order valence-electron chi connectivity index (χ2n) is 11.0. The number of methoxy groups -OCH3 is 3.